The van der Waals surface area contributed by atoms with Gasteiger partial charge in [0.2, 0.25) is 5.78 Å². The van der Waals surface area contributed by atoms with Crippen molar-refractivity contribution < 1.29 is 22.4 Å². The number of hydrogen-bond acceptors (Lipinski definition) is 3. The Bertz CT molecular complexity index is 377. The number of carbonyl (C=O) groups is 1. The first kappa shape index (κ1) is 12.6. The van der Waals surface area contributed by atoms with Gasteiger partial charge in [-0.1, -0.05) is 0 Å². The fourth-order valence-electron chi connectivity index (χ4n) is 1.07. The van der Waals surface area contributed by atoms with Gasteiger partial charge < -0.3 is 0 Å². The lowest BCUT2D eigenvalue weighted by molar-refractivity contribution is -0.166. The van der Waals surface area contributed by atoms with Crippen LogP contribution in [0.4, 0.5) is 17.6 Å². The van der Waals surface area contributed by atoms with Crippen LogP contribution in [0.25, 0.3) is 0 Å². The third kappa shape index (κ3) is 2.37. The van der Waals surface area contributed by atoms with Crippen molar-refractivity contribution in [1.29, 1.82) is 0 Å². The van der Waals surface area contributed by atoms with E-state index in [2.05, 4.69) is 10.1 Å². The average molecular weight is 239 g/mol. The van der Waals surface area contributed by atoms with Gasteiger partial charge in [-0.15, -0.1) is 0 Å². The highest BCUT2D eigenvalue weighted by molar-refractivity contribution is 5.87. The van der Waals surface area contributed by atoms with E-state index < -0.39 is 24.6 Å². The molecule has 0 unspecified atom stereocenters. The normalized spacial score (nSPS) is 12.1. The lowest BCUT2D eigenvalue weighted by Gasteiger charge is -2.13. The number of carbonyl (C=O) groups excluding carboxylic acids is 1. The molecule has 0 radical (unpaired) electrons. The molecule has 0 N–H and O–H groups in total. The van der Waals surface area contributed by atoms with Crippen molar-refractivity contribution in [3.63, 3.8) is 0 Å². The van der Waals surface area contributed by atoms with Gasteiger partial charge in [0.15, 0.2) is 0 Å². The lowest BCUT2D eigenvalue weighted by Crippen LogP contribution is -2.38. The molecule has 0 aliphatic heterocycles. The van der Waals surface area contributed by atoms with E-state index in [0.717, 1.165) is 6.33 Å². The fourth-order valence-corrected chi connectivity index (χ4v) is 1.07. The van der Waals surface area contributed by atoms with Crippen LogP contribution in [0.1, 0.15) is 12.7 Å². The summed E-state index contributed by atoms with van der Waals surface area (Å²) in [5.41, 5.74) is 0. The van der Waals surface area contributed by atoms with E-state index in [0.29, 0.717) is 6.54 Å². The molecule has 0 amide bonds. The Morgan fingerprint density at radius 2 is 2.19 bits per heavy atom. The van der Waals surface area contributed by atoms with Crippen molar-refractivity contribution in [2.75, 3.05) is 0 Å². The van der Waals surface area contributed by atoms with E-state index in [-0.39, 0.29) is 5.82 Å². The van der Waals surface area contributed by atoms with Gasteiger partial charge in [0.1, 0.15) is 12.2 Å². The van der Waals surface area contributed by atoms with Crippen molar-refractivity contribution in [2.45, 2.75) is 32.2 Å². The second-order valence-electron chi connectivity index (χ2n) is 3.02. The Labute approximate surface area is 88.3 Å². The fraction of sp³-hybridized carbons (Fsp3) is 0.625. The molecule has 0 aromatic carbocycles. The van der Waals surface area contributed by atoms with Crippen LogP contribution in [-0.4, -0.2) is 32.9 Å². The minimum absolute atomic E-state index is 0.0483. The number of aryl methyl sites for hydroxylation is 1. The van der Waals surface area contributed by atoms with Gasteiger partial charge in [-0.2, -0.15) is 13.9 Å². The van der Waals surface area contributed by atoms with E-state index in [1.165, 1.54) is 4.68 Å². The molecule has 1 aromatic rings. The Kier molecular flexibility index (Phi) is 3.61. The van der Waals surface area contributed by atoms with Crippen LogP contribution < -0.4 is 0 Å². The van der Waals surface area contributed by atoms with Crippen LogP contribution in [0.2, 0.25) is 0 Å². The number of rotatable bonds is 5. The van der Waals surface area contributed by atoms with Crippen molar-refractivity contribution in [1.82, 2.24) is 14.8 Å². The summed E-state index contributed by atoms with van der Waals surface area (Å²) in [7, 11) is 0. The zero-order valence-corrected chi connectivity index (χ0v) is 8.33. The Hall–Kier alpha value is -1.47. The summed E-state index contributed by atoms with van der Waals surface area (Å²) in [5.74, 6) is -6.54. The highest BCUT2D eigenvalue weighted by Crippen LogP contribution is 2.25. The number of aromatic nitrogens is 3. The molecule has 0 atom stereocenters. The van der Waals surface area contributed by atoms with E-state index >= 15 is 0 Å². The molecule has 0 spiro atoms. The number of hydrogen-bond donors (Lipinski definition) is 0. The third-order valence-corrected chi connectivity index (χ3v) is 1.96. The molecule has 0 saturated heterocycles. The van der Waals surface area contributed by atoms with Crippen molar-refractivity contribution in [2.24, 2.45) is 0 Å². The molecule has 16 heavy (non-hydrogen) atoms. The molecular formula is C8H9F4N3O. The van der Waals surface area contributed by atoms with E-state index in [1.54, 1.807) is 6.92 Å². The van der Waals surface area contributed by atoms with Crippen molar-refractivity contribution in [3.05, 3.63) is 12.2 Å². The van der Waals surface area contributed by atoms with Crippen molar-refractivity contribution >= 4 is 5.78 Å². The first-order chi connectivity index (χ1) is 7.39. The maximum Gasteiger partial charge on any atom is 0.364 e. The van der Waals surface area contributed by atoms with Gasteiger partial charge in [0.25, 0.3) is 0 Å². The Morgan fingerprint density at radius 1 is 1.56 bits per heavy atom. The summed E-state index contributed by atoms with van der Waals surface area (Å²) in [6.45, 7) is 1.98. The summed E-state index contributed by atoms with van der Waals surface area (Å²) in [4.78, 5) is 14.5. The molecule has 0 saturated carbocycles. The lowest BCUT2D eigenvalue weighted by atomic mass is 10.1. The summed E-state index contributed by atoms with van der Waals surface area (Å²) in [6, 6.07) is 0. The van der Waals surface area contributed by atoms with Gasteiger partial charge in [0.05, 0.1) is 6.42 Å². The van der Waals surface area contributed by atoms with Gasteiger partial charge >= 0.3 is 12.3 Å². The number of halogens is 4. The van der Waals surface area contributed by atoms with Crippen LogP contribution in [0.5, 0.6) is 0 Å². The Balaban J connectivity index is 2.79. The summed E-state index contributed by atoms with van der Waals surface area (Å²) in [6.07, 6.45) is -3.78. The maximum atomic E-state index is 12.6. The summed E-state index contributed by atoms with van der Waals surface area (Å²) < 4.78 is 50.1. The molecule has 90 valence electrons. The molecule has 0 fully saturated rings. The van der Waals surface area contributed by atoms with Gasteiger partial charge in [0, 0.05) is 6.54 Å². The molecule has 0 aliphatic carbocycles. The summed E-state index contributed by atoms with van der Waals surface area (Å²) >= 11 is 0. The molecule has 1 aromatic heterocycles. The van der Waals surface area contributed by atoms with Gasteiger partial charge in [-0.3, -0.25) is 4.79 Å². The number of ketones is 1. The smallest absolute Gasteiger partial charge is 0.292 e. The highest BCUT2D eigenvalue weighted by atomic mass is 19.3. The minimum Gasteiger partial charge on any atom is -0.292 e. The Morgan fingerprint density at radius 3 is 2.69 bits per heavy atom. The summed E-state index contributed by atoms with van der Waals surface area (Å²) in [5, 5.41) is 3.64. The van der Waals surface area contributed by atoms with Gasteiger partial charge in [-0.25, -0.2) is 18.4 Å². The minimum atomic E-state index is -4.63. The topological polar surface area (TPSA) is 47.8 Å². The van der Waals surface area contributed by atoms with Crippen LogP contribution in [-0.2, 0) is 17.8 Å². The zero-order valence-electron chi connectivity index (χ0n) is 8.33. The molecular weight excluding hydrogens is 230 g/mol. The number of nitrogens with zero attached hydrogens (tertiary/aromatic N) is 3. The second kappa shape index (κ2) is 4.58. The number of alkyl halides is 4. The molecule has 0 bridgehead atoms. The van der Waals surface area contributed by atoms with E-state index in [9.17, 15) is 22.4 Å². The maximum absolute atomic E-state index is 12.6. The van der Waals surface area contributed by atoms with Crippen LogP contribution in [0.3, 0.4) is 0 Å². The molecule has 1 heterocycles. The molecule has 8 heteroatoms. The van der Waals surface area contributed by atoms with Crippen LogP contribution in [0, 0.1) is 0 Å². The highest BCUT2D eigenvalue weighted by Gasteiger charge is 2.48. The standard InChI is InChI=1S/C8H9F4N3O/c1-2-15-6(13-4-14-15)3-5(16)8(11,12)7(9)10/h4,7H,2-3H2,1H3. The van der Waals surface area contributed by atoms with Gasteiger partial charge in [-0.05, 0) is 6.92 Å². The van der Waals surface area contributed by atoms with Crippen molar-refractivity contribution in [3.8, 4) is 0 Å². The molecule has 0 aliphatic rings. The first-order valence-electron chi connectivity index (χ1n) is 4.45. The SMILES string of the molecule is CCn1ncnc1CC(=O)C(F)(F)C(F)F. The zero-order chi connectivity index (χ0) is 12.3. The van der Waals surface area contributed by atoms with E-state index in [1.807, 2.05) is 0 Å². The largest absolute Gasteiger partial charge is 0.364 e. The number of Topliss-reactive ketones (excluding diaryl/α,β-unsaturated/α-hetero) is 1. The second-order valence-corrected chi connectivity index (χ2v) is 3.02. The molecule has 4 nitrogen and oxygen atoms in total. The quantitative estimate of drug-likeness (QED) is 0.728. The van der Waals surface area contributed by atoms with Crippen LogP contribution in [0.15, 0.2) is 6.33 Å². The predicted molar refractivity (Wildman–Crippen MR) is 45.4 cm³/mol. The monoisotopic (exact) mass is 239 g/mol. The first-order valence-corrected chi connectivity index (χ1v) is 4.45. The van der Waals surface area contributed by atoms with E-state index in [4.69, 9.17) is 0 Å². The average Bonchev–Trinajstić information content (AvgIpc) is 2.64. The molecule has 1 rings (SSSR count). The van der Waals surface area contributed by atoms with Crippen LogP contribution >= 0.6 is 0 Å². The third-order valence-electron chi connectivity index (χ3n) is 1.96. The predicted octanol–water partition coefficient (Wildman–Crippen LogP) is 1.31.